The predicted octanol–water partition coefficient (Wildman–Crippen LogP) is 0.868. The van der Waals surface area contributed by atoms with E-state index in [2.05, 4.69) is 0 Å². The first-order valence-electron chi connectivity index (χ1n) is 3.86. The van der Waals surface area contributed by atoms with E-state index in [1.54, 1.807) is 6.07 Å². The molecular formula is C9H13NO3. The summed E-state index contributed by atoms with van der Waals surface area (Å²) >= 11 is 0. The Morgan fingerprint density at radius 3 is 2.23 bits per heavy atom. The first kappa shape index (κ1) is 9.67. The summed E-state index contributed by atoms with van der Waals surface area (Å²) < 4.78 is 10.0. The van der Waals surface area contributed by atoms with Crippen LogP contribution in [0.3, 0.4) is 0 Å². The second kappa shape index (κ2) is 4.00. The van der Waals surface area contributed by atoms with Crippen molar-refractivity contribution in [3.63, 3.8) is 0 Å². The average molecular weight is 183 g/mol. The van der Waals surface area contributed by atoms with Crippen LogP contribution in [0.25, 0.3) is 0 Å². The zero-order valence-electron chi connectivity index (χ0n) is 7.70. The molecule has 1 rings (SSSR count). The molecule has 4 nitrogen and oxygen atoms in total. The highest BCUT2D eigenvalue weighted by molar-refractivity contribution is 5.49. The van der Waals surface area contributed by atoms with Crippen molar-refractivity contribution in [1.82, 2.24) is 0 Å². The third-order valence-corrected chi connectivity index (χ3v) is 1.80. The van der Waals surface area contributed by atoms with E-state index in [0.29, 0.717) is 17.1 Å². The van der Waals surface area contributed by atoms with Crippen molar-refractivity contribution in [2.45, 2.75) is 6.54 Å². The summed E-state index contributed by atoms with van der Waals surface area (Å²) in [6, 6.07) is 3.15. The normalized spacial score (nSPS) is 9.77. The maximum Gasteiger partial charge on any atom is 0.164 e. The number of phenols is 1. The molecular weight excluding hydrogens is 170 g/mol. The third kappa shape index (κ3) is 1.84. The molecule has 0 aliphatic rings. The number of aromatic hydroxyl groups is 1. The van der Waals surface area contributed by atoms with Crippen LogP contribution in [0.4, 0.5) is 0 Å². The minimum Gasteiger partial charge on any atom is -0.507 e. The summed E-state index contributed by atoms with van der Waals surface area (Å²) in [7, 11) is 3.05. The van der Waals surface area contributed by atoms with Gasteiger partial charge in [0, 0.05) is 18.2 Å². The third-order valence-electron chi connectivity index (χ3n) is 1.80. The molecule has 1 aromatic carbocycles. The second-order valence-corrected chi connectivity index (χ2v) is 2.54. The molecule has 0 aromatic heterocycles. The summed E-state index contributed by atoms with van der Waals surface area (Å²) in [6.45, 7) is 0.270. The summed E-state index contributed by atoms with van der Waals surface area (Å²) in [6.07, 6.45) is 0. The Kier molecular flexibility index (Phi) is 2.97. The topological polar surface area (TPSA) is 64.7 Å². The van der Waals surface area contributed by atoms with Crippen molar-refractivity contribution < 1.29 is 14.6 Å². The molecule has 0 saturated carbocycles. The van der Waals surface area contributed by atoms with Crippen LogP contribution in [0.5, 0.6) is 17.2 Å². The van der Waals surface area contributed by atoms with Crippen LogP contribution in [-0.4, -0.2) is 19.3 Å². The number of ether oxygens (including phenoxy) is 2. The van der Waals surface area contributed by atoms with E-state index in [1.807, 2.05) is 0 Å². The molecule has 0 atom stereocenters. The highest BCUT2D eigenvalue weighted by Gasteiger charge is 2.08. The Balaban J connectivity index is 3.18. The van der Waals surface area contributed by atoms with Gasteiger partial charge < -0.3 is 20.3 Å². The molecule has 0 unspecified atom stereocenters. The first-order valence-corrected chi connectivity index (χ1v) is 3.86. The highest BCUT2D eigenvalue weighted by Crippen LogP contribution is 2.33. The maximum absolute atomic E-state index is 9.43. The molecule has 0 amide bonds. The molecule has 0 bridgehead atoms. The monoisotopic (exact) mass is 183 g/mol. The lowest BCUT2D eigenvalue weighted by molar-refractivity contribution is 0.350. The lowest BCUT2D eigenvalue weighted by atomic mass is 10.2. The van der Waals surface area contributed by atoms with Crippen LogP contribution in [0.15, 0.2) is 12.1 Å². The summed E-state index contributed by atoms with van der Waals surface area (Å²) in [5.74, 6) is 1.19. The fourth-order valence-corrected chi connectivity index (χ4v) is 1.07. The minimum atomic E-state index is 0.125. The Morgan fingerprint density at radius 1 is 1.23 bits per heavy atom. The Morgan fingerprint density at radius 2 is 1.77 bits per heavy atom. The Bertz CT molecular complexity index is 299. The maximum atomic E-state index is 9.43. The lowest BCUT2D eigenvalue weighted by Crippen LogP contribution is -1.99. The van der Waals surface area contributed by atoms with Crippen molar-refractivity contribution in [2.24, 2.45) is 5.73 Å². The number of methoxy groups -OCH3 is 2. The van der Waals surface area contributed by atoms with Crippen LogP contribution < -0.4 is 15.2 Å². The van der Waals surface area contributed by atoms with Gasteiger partial charge >= 0.3 is 0 Å². The Hall–Kier alpha value is -1.42. The number of hydrogen-bond donors (Lipinski definition) is 2. The van der Waals surface area contributed by atoms with Crippen LogP contribution >= 0.6 is 0 Å². The van der Waals surface area contributed by atoms with Gasteiger partial charge in [0.1, 0.15) is 5.75 Å². The van der Waals surface area contributed by atoms with Crippen molar-refractivity contribution >= 4 is 0 Å². The van der Waals surface area contributed by atoms with Gasteiger partial charge in [0.25, 0.3) is 0 Å². The van der Waals surface area contributed by atoms with E-state index < -0.39 is 0 Å². The van der Waals surface area contributed by atoms with E-state index >= 15 is 0 Å². The van der Waals surface area contributed by atoms with E-state index in [0.717, 1.165) is 0 Å². The summed E-state index contributed by atoms with van der Waals surface area (Å²) in [4.78, 5) is 0. The van der Waals surface area contributed by atoms with Crippen LogP contribution in [-0.2, 0) is 6.54 Å². The van der Waals surface area contributed by atoms with Gasteiger partial charge in [0.05, 0.1) is 14.2 Å². The largest absolute Gasteiger partial charge is 0.507 e. The predicted molar refractivity (Wildman–Crippen MR) is 49.1 cm³/mol. The molecule has 13 heavy (non-hydrogen) atoms. The molecule has 0 spiro atoms. The lowest BCUT2D eigenvalue weighted by Gasteiger charge is -2.10. The second-order valence-electron chi connectivity index (χ2n) is 2.54. The molecule has 3 N–H and O–H groups in total. The van der Waals surface area contributed by atoms with E-state index in [-0.39, 0.29) is 12.3 Å². The summed E-state index contributed by atoms with van der Waals surface area (Å²) in [5, 5.41) is 9.43. The smallest absolute Gasteiger partial charge is 0.164 e. The minimum absolute atomic E-state index is 0.125. The fourth-order valence-electron chi connectivity index (χ4n) is 1.07. The van der Waals surface area contributed by atoms with Crippen LogP contribution in [0.2, 0.25) is 0 Å². The fraction of sp³-hybridized carbons (Fsp3) is 0.333. The first-order chi connectivity index (χ1) is 6.22. The van der Waals surface area contributed by atoms with Gasteiger partial charge in [-0.25, -0.2) is 0 Å². The molecule has 0 fully saturated rings. The Labute approximate surface area is 76.9 Å². The van der Waals surface area contributed by atoms with Crippen molar-refractivity contribution in [3.05, 3.63) is 17.7 Å². The van der Waals surface area contributed by atoms with Gasteiger partial charge in [-0.1, -0.05) is 0 Å². The quantitative estimate of drug-likeness (QED) is 0.729. The van der Waals surface area contributed by atoms with Crippen molar-refractivity contribution in [1.29, 1.82) is 0 Å². The molecule has 1 aromatic rings. The zero-order valence-corrected chi connectivity index (χ0v) is 7.70. The summed E-state index contributed by atoms with van der Waals surface area (Å²) in [5.41, 5.74) is 6.05. The van der Waals surface area contributed by atoms with Gasteiger partial charge in [-0.2, -0.15) is 0 Å². The number of hydrogen-bond acceptors (Lipinski definition) is 4. The molecule has 4 heteroatoms. The number of phenolic OH excluding ortho intramolecular Hbond substituents is 1. The van der Waals surface area contributed by atoms with E-state index in [4.69, 9.17) is 15.2 Å². The van der Waals surface area contributed by atoms with E-state index in [9.17, 15) is 5.11 Å². The van der Waals surface area contributed by atoms with Gasteiger partial charge in [0.2, 0.25) is 0 Å². The molecule has 72 valence electrons. The van der Waals surface area contributed by atoms with E-state index in [1.165, 1.54) is 20.3 Å². The van der Waals surface area contributed by atoms with Crippen LogP contribution in [0, 0.1) is 0 Å². The zero-order chi connectivity index (χ0) is 9.84. The number of rotatable bonds is 3. The SMILES string of the molecule is COc1cc(O)c(CN)cc1OC. The molecule has 0 saturated heterocycles. The van der Waals surface area contributed by atoms with Gasteiger partial charge in [0.15, 0.2) is 11.5 Å². The van der Waals surface area contributed by atoms with Gasteiger partial charge in [-0.05, 0) is 6.07 Å². The van der Waals surface area contributed by atoms with Crippen molar-refractivity contribution in [3.8, 4) is 17.2 Å². The molecule has 0 aliphatic heterocycles. The highest BCUT2D eigenvalue weighted by atomic mass is 16.5. The van der Waals surface area contributed by atoms with Gasteiger partial charge in [-0.3, -0.25) is 0 Å². The number of nitrogens with two attached hydrogens (primary N) is 1. The molecule has 0 aliphatic carbocycles. The van der Waals surface area contributed by atoms with Crippen LogP contribution in [0.1, 0.15) is 5.56 Å². The number of benzene rings is 1. The standard InChI is InChI=1S/C9H13NO3/c1-12-8-3-6(5-10)7(11)4-9(8)13-2/h3-4,11H,5,10H2,1-2H3. The molecule has 0 heterocycles. The van der Waals surface area contributed by atoms with Crippen molar-refractivity contribution in [2.75, 3.05) is 14.2 Å². The van der Waals surface area contributed by atoms with Gasteiger partial charge in [-0.15, -0.1) is 0 Å². The molecule has 0 radical (unpaired) electrons. The average Bonchev–Trinajstić information content (AvgIpc) is 2.17.